The Labute approximate surface area is 232 Å². The molecule has 2 saturated heterocycles. The number of carbonyl (C=O) groups excluding carboxylic acids is 4. The van der Waals surface area contributed by atoms with Crippen LogP contribution >= 0.6 is 0 Å². The minimum atomic E-state index is -1.42. The molecule has 2 aliphatic heterocycles. The lowest BCUT2D eigenvalue weighted by atomic mass is 10.0. The highest BCUT2D eigenvalue weighted by atomic mass is 16.4. The quantitative estimate of drug-likeness (QED) is 0.223. The van der Waals surface area contributed by atoms with Gasteiger partial charge in [-0.05, 0) is 44.6 Å². The average Bonchev–Trinajstić information content (AvgIpc) is 3.60. The molecule has 1 aromatic carbocycles. The van der Waals surface area contributed by atoms with E-state index in [9.17, 15) is 33.9 Å². The predicted octanol–water partition coefficient (Wildman–Crippen LogP) is -0.523. The number of rotatable bonds is 12. The van der Waals surface area contributed by atoms with Crippen LogP contribution in [0, 0.1) is 0 Å². The molecule has 5 atom stereocenters. The molecule has 218 valence electrons. The zero-order valence-electron chi connectivity index (χ0n) is 22.5. The van der Waals surface area contributed by atoms with Crippen LogP contribution in [-0.4, -0.2) is 98.9 Å². The Morgan fingerprint density at radius 3 is 1.90 bits per heavy atom. The van der Waals surface area contributed by atoms with Crippen molar-refractivity contribution in [2.75, 3.05) is 13.1 Å². The minimum Gasteiger partial charge on any atom is -0.481 e. The molecule has 13 heteroatoms. The maximum atomic E-state index is 13.8. The fraction of sp³-hybridized carbons (Fsp3) is 0.556. The molecule has 13 nitrogen and oxygen atoms in total. The van der Waals surface area contributed by atoms with E-state index in [1.54, 1.807) is 19.1 Å². The summed E-state index contributed by atoms with van der Waals surface area (Å²) in [6, 6.07) is 4.05. The Morgan fingerprint density at radius 1 is 0.875 bits per heavy atom. The van der Waals surface area contributed by atoms with E-state index in [2.05, 4.69) is 10.6 Å². The van der Waals surface area contributed by atoms with Gasteiger partial charge in [0.1, 0.15) is 24.2 Å². The van der Waals surface area contributed by atoms with Crippen LogP contribution in [0.15, 0.2) is 30.3 Å². The molecule has 0 unspecified atom stereocenters. The Balaban J connectivity index is 1.78. The highest BCUT2D eigenvalue weighted by Gasteiger charge is 2.41. The molecule has 2 fully saturated rings. The molecular formula is C27H37N5O8. The van der Waals surface area contributed by atoms with Gasteiger partial charge in [-0.3, -0.25) is 24.0 Å². The van der Waals surface area contributed by atoms with E-state index < -0.39 is 66.3 Å². The summed E-state index contributed by atoms with van der Waals surface area (Å²) in [6.45, 7) is 2.16. The van der Waals surface area contributed by atoms with Gasteiger partial charge in [-0.1, -0.05) is 30.3 Å². The van der Waals surface area contributed by atoms with Gasteiger partial charge in [0.2, 0.25) is 23.6 Å². The van der Waals surface area contributed by atoms with Crippen LogP contribution in [-0.2, 0) is 35.2 Å². The Kier molecular flexibility index (Phi) is 10.6. The fourth-order valence-corrected chi connectivity index (χ4v) is 5.18. The molecule has 0 radical (unpaired) electrons. The van der Waals surface area contributed by atoms with Crippen LogP contribution in [0.2, 0.25) is 0 Å². The van der Waals surface area contributed by atoms with Gasteiger partial charge < -0.3 is 36.4 Å². The Hall–Kier alpha value is -4.00. The van der Waals surface area contributed by atoms with Crippen LogP contribution < -0.4 is 16.4 Å². The van der Waals surface area contributed by atoms with Crippen molar-refractivity contribution in [1.82, 2.24) is 20.4 Å². The molecule has 2 aliphatic rings. The second kappa shape index (κ2) is 13.9. The third-order valence-corrected chi connectivity index (χ3v) is 7.23. The smallest absolute Gasteiger partial charge is 0.326 e. The van der Waals surface area contributed by atoms with Crippen LogP contribution in [0.3, 0.4) is 0 Å². The molecule has 3 rings (SSSR count). The van der Waals surface area contributed by atoms with Gasteiger partial charge in [0.15, 0.2) is 0 Å². The molecular weight excluding hydrogens is 522 g/mol. The summed E-state index contributed by atoms with van der Waals surface area (Å²) < 4.78 is 0. The maximum absolute atomic E-state index is 13.8. The van der Waals surface area contributed by atoms with Crippen LogP contribution in [0.4, 0.5) is 0 Å². The first-order chi connectivity index (χ1) is 19.0. The number of carbonyl (C=O) groups is 6. The summed E-state index contributed by atoms with van der Waals surface area (Å²) >= 11 is 0. The standard InChI is InChI=1S/C27H37N5O8/c1-16(28)25(37)31-13-5-9-20(31)24(36)30-19(15-17-7-3-2-4-8-17)26(38)32-14-6-10-21(32)23(35)29-18(27(39)40)11-12-22(33)34/h2-4,7-8,16,18-21H,5-6,9-15,28H2,1H3,(H,29,35)(H,30,36)(H,33,34)(H,39,40)/t16-,18-,19-,20-,21-/m0/s1. The lowest BCUT2D eigenvalue weighted by Crippen LogP contribution is -2.58. The van der Waals surface area contributed by atoms with Crippen molar-refractivity contribution >= 4 is 35.6 Å². The summed E-state index contributed by atoms with van der Waals surface area (Å²) in [4.78, 5) is 78.0. The number of nitrogens with one attached hydrogen (secondary N) is 2. The van der Waals surface area contributed by atoms with Crippen molar-refractivity contribution in [1.29, 1.82) is 0 Å². The number of nitrogens with zero attached hydrogens (tertiary/aromatic N) is 2. The van der Waals surface area contributed by atoms with E-state index in [-0.39, 0.29) is 31.7 Å². The monoisotopic (exact) mass is 559 g/mol. The third-order valence-electron chi connectivity index (χ3n) is 7.23. The van der Waals surface area contributed by atoms with Gasteiger partial charge in [-0.2, -0.15) is 0 Å². The van der Waals surface area contributed by atoms with Gasteiger partial charge in [0, 0.05) is 25.9 Å². The van der Waals surface area contributed by atoms with Crippen molar-refractivity contribution in [2.45, 2.75) is 82.1 Å². The molecule has 1 aromatic rings. The van der Waals surface area contributed by atoms with E-state index in [4.69, 9.17) is 10.8 Å². The number of aliphatic carboxylic acids is 2. The molecule has 0 aromatic heterocycles. The highest BCUT2D eigenvalue weighted by Crippen LogP contribution is 2.22. The number of nitrogens with two attached hydrogens (primary N) is 1. The van der Waals surface area contributed by atoms with Crippen LogP contribution in [0.25, 0.3) is 0 Å². The van der Waals surface area contributed by atoms with E-state index >= 15 is 0 Å². The molecule has 0 saturated carbocycles. The second-order valence-electron chi connectivity index (χ2n) is 10.3. The lowest BCUT2D eigenvalue weighted by Gasteiger charge is -2.31. The van der Waals surface area contributed by atoms with Gasteiger partial charge in [-0.25, -0.2) is 4.79 Å². The summed E-state index contributed by atoms with van der Waals surface area (Å²) in [5.74, 6) is -4.60. The number of hydrogen-bond donors (Lipinski definition) is 5. The first-order valence-electron chi connectivity index (χ1n) is 13.5. The lowest BCUT2D eigenvalue weighted by molar-refractivity contribution is -0.145. The van der Waals surface area contributed by atoms with Gasteiger partial charge in [0.25, 0.3) is 0 Å². The highest BCUT2D eigenvalue weighted by molar-refractivity contribution is 5.96. The van der Waals surface area contributed by atoms with Gasteiger partial charge in [-0.15, -0.1) is 0 Å². The number of likely N-dealkylation sites (tertiary alicyclic amines) is 2. The topological polar surface area (TPSA) is 199 Å². The number of amides is 4. The molecule has 4 amide bonds. The fourth-order valence-electron chi connectivity index (χ4n) is 5.18. The average molecular weight is 560 g/mol. The first-order valence-corrected chi connectivity index (χ1v) is 13.5. The normalized spacial score (nSPS) is 20.9. The zero-order valence-corrected chi connectivity index (χ0v) is 22.5. The van der Waals surface area contributed by atoms with Crippen molar-refractivity contribution in [3.05, 3.63) is 35.9 Å². The summed E-state index contributed by atoms with van der Waals surface area (Å²) in [5, 5.41) is 23.5. The maximum Gasteiger partial charge on any atom is 0.326 e. The minimum absolute atomic E-state index is 0.139. The Bertz CT molecular complexity index is 1110. The zero-order chi connectivity index (χ0) is 29.4. The summed E-state index contributed by atoms with van der Waals surface area (Å²) in [6.07, 6.45) is 1.21. The van der Waals surface area contributed by atoms with E-state index in [0.717, 1.165) is 5.56 Å². The largest absolute Gasteiger partial charge is 0.481 e. The molecule has 40 heavy (non-hydrogen) atoms. The predicted molar refractivity (Wildman–Crippen MR) is 142 cm³/mol. The third kappa shape index (κ3) is 7.78. The molecule has 6 N–H and O–H groups in total. The van der Waals surface area contributed by atoms with Crippen molar-refractivity contribution in [2.24, 2.45) is 5.73 Å². The van der Waals surface area contributed by atoms with Crippen molar-refractivity contribution < 1.29 is 39.0 Å². The number of carboxylic acid groups (broad SMARTS) is 2. The Morgan fingerprint density at radius 2 is 1.40 bits per heavy atom. The van der Waals surface area contributed by atoms with Crippen LogP contribution in [0.1, 0.15) is 51.0 Å². The van der Waals surface area contributed by atoms with Crippen LogP contribution in [0.5, 0.6) is 0 Å². The van der Waals surface area contributed by atoms with Crippen molar-refractivity contribution in [3.63, 3.8) is 0 Å². The second-order valence-corrected chi connectivity index (χ2v) is 10.3. The summed E-state index contributed by atoms with van der Waals surface area (Å²) in [7, 11) is 0. The molecule has 0 bridgehead atoms. The number of benzene rings is 1. The van der Waals surface area contributed by atoms with Gasteiger partial charge in [0.05, 0.1) is 6.04 Å². The SMILES string of the molecule is C[C@H](N)C(=O)N1CCC[C@H]1C(=O)N[C@@H](Cc1ccccc1)C(=O)N1CCC[C@H]1C(=O)N[C@@H](CCC(=O)O)C(=O)O. The van der Waals surface area contributed by atoms with E-state index in [1.807, 2.05) is 18.2 Å². The molecule has 0 spiro atoms. The van der Waals surface area contributed by atoms with Crippen molar-refractivity contribution in [3.8, 4) is 0 Å². The number of hydrogen-bond acceptors (Lipinski definition) is 7. The summed E-state index contributed by atoms with van der Waals surface area (Å²) in [5.41, 5.74) is 6.53. The molecule has 0 aliphatic carbocycles. The molecule has 2 heterocycles. The van der Waals surface area contributed by atoms with E-state index in [1.165, 1.54) is 9.80 Å². The first kappa shape index (κ1) is 30.5. The van der Waals surface area contributed by atoms with E-state index in [0.29, 0.717) is 25.8 Å². The van der Waals surface area contributed by atoms with Gasteiger partial charge >= 0.3 is 11.9 Å². The number of carboxylic acids is 2.